The van der Waals surface area contributed by atoms with Gasteiger partial charge in [-0.1, -0.05) is 54.6 Å². The predicted octanol–water partition coefficient (Wildman–Crippen LogP) is 5.27. The van der Waals surface area contributed by atoms with E-state index in [9.17, 15) is 9.59 Å². The Bertz CT molecular complexity index is 840. The van der Waals surface area contributed by atoms with Crippen molar-refractivity contribution in [2.45, 2.75) is 64.0 Å². The predicted molar refractivity (Wildman–Crippen MR) is 135 cm³/mol. The minimum atomic E-state index is -0.451. The standard InChI is InChI=1S/C17H16.C10H19NO3.CH4O/c1-2-3-8-13-14-9-4-6-11-16(14)17-12-7-5-10-15(13)17;1-10(2,3)14-9(13)6-5-8(7-12)11-4;1-2/h2,4-7,9-13H,1,3,8H2;7-8,11H,5-6H2,1-4H3;2H,1H3. The lowest BCUT2D eigenvalue weighted by Gasteiger charge is -2.19. The van der Waals surface area contributed by atoms with E-state index in [1.807, 2.05) is 26.8 Å². The number of aldehydes is 1. The summed E-state index contributed by atoms with van der Waals surface area (Å²) in [5.41, 5.74) is 5.34. The van der Waals surface area contributed by atoms with Crippen LogP contribution in [0.1, 0.15) is 63.5 Å². The summed E-state index contributed by atoms with van der Waals surface area (Å²) < 4.78 is 5.09. The summed E-state index contributed by atoms with van der Waals surface area (Å²) in [6, 6.07) is 17.3. The van der Waals surface area contributed by atoms with Crippen molar-refractivity contribution in [2.75, 3.05) is 14.2 Å². The van der Waals surface area contributed by atoms with Crippen LogP contribution >= 0.6 is 0 Å². The van der Waals surface area contributed by atoms with Gasteiger partial charge < -0.3 is 20.0 Å². The maximum Gasteiger partial charge on any atom is 0.306 e. The van der Waals surface area contributed by atoms with Crippen LogP contribution in [0.3, 0.4) is 0 Å². The van der Waals surface area contributed by atoms with Gasteiger partial charge in [0.15, 0.2) is 0 Å². The molecule has 0 bridgehead atoms. The van der Waals surface area contributed by atoms with Gasteiger partial charge in [-0.2, -0.15) is 0 Å². The number of likely N-dealkylation sites (N-methyl/N-ethyl adjacent to an activating group) is 1. The van der Waals surface area contributed by atoms with Crippen molar-refractivity contribution in [3.63, 3.8) is 0 Å². The fraction of sp³-hybridized carbons (Fsp3) is 0.429. The Hall–Kier alpha value is -2.76. The molecule has 0 radical (unpaired) electrons. The molecule has 0 saturated carbocycles. The number of rotatable bonds is 8. The number of aliphatic hydroxyl groups is 1. The molecule has 33 heavy (non-hydrogen) atoms. The summed E-state index contributed by atoms with van der Waals surface area (Å²) in [6.45, 7) is 9.29. The number of carbonyl (C=O) groups excluding carboxylic acids is 2. The summed E-state index contributed by atoms with van der Waals surface area (Å²) in [5, 5.41) is 9.79. The summed E-state index contributed by atoms with van der Waals surface area (Å²) in [4.78, 5) is 21.6. The van der Waals surface area contributed by atoms with Crippen molar-refractivity contribution in [2.24, 2.45) is 0 Å². The van der Waals surface area contributed by atoms with E-state index in [2.05, 4.69) is 60.4 Å². The molecule has 0 saturated heterocycles. The van der Waals surface area contributed by atoms with Gasteiger partial charge in [0.1, 0.15) is 11.9 Å². The minimum absolute atomic E-state index is 0.262. The number of nitrogens with one attached hydrogen (secondary N) is 1. The molecule has 5 nitrogen and oxygen atoms in total. The second-order valence-electron chi connectivity index (χ2n) is 8.75. The zero-order valence-electron chi connectivity index (χ0n) is 20.6. The Morgan fingerprint density at radius 1 is 1.09 bits per heavy atom. The Morgan fingerprint density at radius 2 is 1.61 bits per heavy atom. The Labute approximate surface area is 198 Å². The number of allylic oxidation sites excluding steroid dienone is 1. The zero-order chi connectivity index (χ0) is 24.9. The SMILES string of the molecule is C=CCCC1c2ccccc2-c2ccccc21.CNC(C=O)CCC(=O)OC(C)(C)C.CO. The lowest BCUT2D eigenvalue weighted by Crippen LogP contribution is -2.29. The summed E-state index contributed by atoms with van der Waals surface area (Å²) in [5.74, 6) is 0.292. The topological polar surface area (TPSA) is 75.6 Å². The van der Waals surface area contributed by atoms with Crippen LogP contribution in [0.15, 0.2) is 61.2 Å². The van der Waals surface area contributed by atoms with Crippen LogP contribution < -0.4 is 5.32 Å². The first-order chi connectivity index (χ1) is 15.8. The number of aliphatic hydroxyl groups excluding tert-OH is 1. The summed E-state index contributed by atoms with van der Waals surface area (Å²) in [7, 11) is 2.69. The van der Waals surface area contributed by atoms with Gasteiger partial charge in [-0.3, -0.25) is 4.79 Å². The van der Waals surface area contributed by atoms with Gasteiger partial charge in [-0.05, 0) is 69.3 Å². The van der Waals surface area contributed by atoms with Gasteiger partial charge in [0, 0.05) is 19.4 Å². The van der Waals surface area contributed by atoms with Crippen LogP contribution in [-0.2, 0) is 14.3 Å². The molecule has 0 aliphatic heterocycles. The molecule has 0 aromatic heterocycles. The maximum atomic E-state index is 11.2. The molecule has 2 aromatic rings. The van der Waals surface area contributed by atoms with Crippen molar-refractivity contribution in [1.29, 1.82) is 0 Å². The first kappa shape index (κ1) is 28.3. The third kappa shape index (κ3) is 8.95. The lowest BCUT2D eigenvalue weighted by atomic mass is 9.92. The minimum Gasteiger partial charge on any atom is -0.460 e. The van der Waals surface area contributed by atoms with Gasteiger partial charge in [-0.15, -0.1) is 6.58 Å². The van der Waals surface area contributed by atoms with Crippen molar-refractivity contribution < 1.29 is 19.4 Å². The van der Waals surface area contributed by atoms with Crippen LogP contribution in [-0.4, -0.2) is 43.2 Å². The van der Waals surface area contributed by atoms with E-state index in [0.717, 1.165) is 26.2 Å². The molecule has 0 spiro atoms. The highest BCUT2D eigenvalue weighted by atomic mass is 16.6. The molecule has 1 unspecified atom stereocenters. The molecule has 0 heterocycles. The number of hydrogen-bond acceptors (Lipinski definition) is 5. The Kier molecular flexibility index (Phi) is 12.3. The highest BCUT2D eigenvalue weighted by Crippen LogP contribution is 2.46. The van der Waals surface area contributed by atoms with Gasteiger partial charge in [0.2, 0.25) is 0 Å². The fourth-order valence-electron chi connectivity index (χ4n) is 3.80. The lowest BCUT2D eigenvalue weighted by molar-refractivity contribution is -0.155. The van der Waals surface area contributed by atoms with Crippen LogP contribution in [0, 0.1) is 0 Å². The average Bonchev–Trinajstić information content (AvgIpc) is 3.13. The molecule has 2 N–H and O–H groups in total. The Balaban J connectivity index is 0.000000314. The molecule has 1 aliphatic rings. The van der Waals surface area contributed by atoms with E-state index in [4.69, 9.17) is 9.84 Å². The number of hydrogen-bond donors (Lipinski definition) is 2. The van der Waals surface area contributed by atoms with Crippen molar-refractivity contribution >= 4 is 12.3 Å². The van der Waals surface area contributed by atoms with Crippen LogP contribution in [0.25, 0.3) is 11.1 Å². The molecule has 1 atom stereocenters. The van der Waals surface area contributed by atoms with Gasteiger partial charge >= 0.3 is 5.97 Å². The van der Waals surface area contributed by atoms with Gasteiger partial charge in [0.25, 0.3) is 0 Å². The van der Waals surface area contributed by atoms with E-state index in [-0.39, 0.29) is 18.4 Å². The van der Waals surface area contributed by atoms with E-state index in [1.165, 1.54) is 22.3 Å². The van der Waals surface area contributed by atoms with Crippen molar-refractivity contribution in [3.8, 4) is 11.1 Å². The number of ether oxygens (including phenoxy) is 1. The van der Waals surface area contributed by atoms with Crippen molar-refractivity contribution in [3.05, 3.63) is 72.3 Å². The number of esters is 1. The number of carbonyl (C=O) groups is 2. The van der Waals surface area contributed by atoms with Gasteiger partial charge in [-0.25, -0.2) is 0 Å². The van der Waals surface area contributed by atoms with E-state index >= 15 is 0 Å². The normalized spacial score (nSPS) is 12.7. The van der Waals surface area contributed by atoms with Crippen LogP contribution in [0.5, 0.6) is 0 Å². The first-order valence-electron chi connectivity index (χ1n) is 11.4. The highest BCUT2D eigenvalue weighted by molar-refractivity contribution is 5.78. The van der Waals surface area contributed by atoms with E-state index in [1.54, 1.807) is 7.05 Å². The third-order valence-electron chi connectivity index (χ3n) is 5.24. The molecule has 180 valence electrons. The summed E-state index contributed by atoms with van der Waals surface area (Å²) >= 11 is 0. The molecule has 3 rings (SSSR count). The molecule has 2 aromatic carbocycles. The number of fused-ring (bicyclic) bond motifs is 3. The third-order valence-corrected chi connectivity index (χ3v) is 5.24. The molecule has 5 heteroatoms. The zero-order valence-corrected chi connectivity index (χ0v) is 20.6. The molecular formula is C28H39NO4. The monoisotopic (exact) mass is 453 g/mol. The van der Waals surface area contributed by atoms with Crippen molar-refractivity contribution in [1.82, 2.24) is 5.32 Å². The maximum absolute atomic E-state index is 11.2. The summed E-state index contributed by atoms with van der Waals surface area (Å²) in [6.07, 6.45) is 5.80. The molecular weight excluding hydrogens is 414 g/mol. The van der Waals surface area contributed by atoms with E-state index < -0.39 is 5.60 Å². The smallest absolute Gasteiger partial charge is 0.306 e. The Morgan fingerprint density at radius 3 is 2.03 bits per heavy atom. The largest absolute Gasteiger partial charge is 0.460 e. The highest BCUT2D eigenvalue weighted by Gasteiger charge is 2.26. The number of benzene rings is 2. The molecule has 0 amide bonds. The van der Waals surface area contributed by atoms with Crippen LogP contribution in [0.2, 0.25) is 0 Å². The van der Waals surface area contributed by atoms with Gasteiger partial charge in [0.05, 0.1) is 6.04 Å². The van der Waals surface area contributed by atoms with E-state index in [0.29, 0.717) is 12.3 Å². The molecule has 1 aliphatic carbocycles. The average molecular weight is 454 g/mol. The quantitative estimate of drug-likeness (QED) is 0.324. The second-order valence-corrected chi connectivity index (χ2v) is 8.75. The fourth-order valence-corrected chi connectivity index (χ4v) is 3.80. The first-order valence-corrected chi connectivity index (χ1v) is 11.4. The van der Waals surface area contributed by atoms with Crippen LogP contribution in [0.4, 0.5) is 0 Å². The molecule has 0 fully saturated rings. The second kappa shape index (κ2) is 14.4.